The van der Waals surface area contributed by atoms with Gasteiger partial charge < -0.3 is 10.1 Å². The first-order chi connectivity index (χ1) is 17.7. The standard InChI is InChI=1S/C27H30ClN5O2S2/c1-5-12-33-23(15-35-21-9-7-6-8-20(21)28)31-32-26(33)36-16-24(34)30-25-19(14-29)18-11-10-17(27(2,3)4)13-22(18)37-25/h5-9,17H,1,10-13,15-16H2,2-4H3,(H,30,34). The highest BCUT2D eigenvalue weighted by molar-refractivity contribution is 7.99. The Bertz CT molecular complexity index is 1340. The maximum absolute atomic E-state index is 12.9. The quantitative estimate of drug-likeness (QED) is 0.239. The molecule has 0 spiro atoms. The number of thioether (sulfide) groups is 1. The van der Waals surface area contributed by atoms with E-state index in [4.69, 9.17) is 16.3 Å². The van der Waals surface area contributed by atoms with Crippen LogP contribution in [0.2, 0.25) is 5.02 Å². The van der Waals surface area contributed by atoms with Gasteiger partial charge in [-0.1, -0.05) is 62.3 Å². The summed E-state index contributed by atoms with van der Waals surface area (Å²) in [5.74, 6) is 1.69. The van der Waals surface area contributed by atoms with Crippen LogP contribution in [0.4, 0.5) is 5.00 Å². The van der Waals surface area contributed by atoms with Crippen LogP contribution >= 0.6 is 34.7 Å². The summed E-state index contributed by atoms with van der Waals surface area (Å²) >= 11 is 9.00. The average molecular weight is 556 g/mol. The maximum atomic E-state index is 12.9. The van der Waals surface area contributed by atoms with Crippen LogP contribution < -0.4 is 10.1 Å². The number of hydrogen-bond acceptors (Lipinski definition) is 7. The molecule has 0 radical (unpaired) electrons. The number of nitrogens with zero attached hydrogens (tertiary/aromatic N) is 4. The minimum Gasteiger partial charge on any atom is -0.484 e. The summed E-state index contributed by atoms with van der Waals surface area (Å²) in [4.78, 5) is 14.1. The SMILES string of the molecule is C=CCn1c(COc2ccccc2Cl)nnc1SCC(=O)Nc1sc2c(c1C#N)CCC(C(C)(C)C)C2. The summed E-state index contributed by atoms with van der Waals surface area (Å²) in [5.41, 5.74) is 1.93. The minimum atomic E-state index is -0.186. The smallest absolute Gasteiger partial charge is 0.235 e. The molecule has 2 heterocycles. The Labute approximate surface area is 230 Å². The summed E-state index contributed by atoms with van der Waals surface area (Å²) in [6, 6.07) is 9.56. The van der Waals surface area contributed by atoms with E-state index >= 15 is 0 Å². The highest BCUT2D eigenvalue weighted by Gasteiger charge is 2.32. The van der Waals surface area contributed by atoms with Gasteiger partial charge in [0.1, 0.15) is 23.4 Å². The summed E-state index contributed by atoms with van der Waals surface area (Å²) in [6.45, 7) is 11.3. The zero-order valence-electron chi connectivity index (χ0n) is 21.2. The van der Waals surface area contributed by atoms with Gasteiger partial charge in [0, 0.05) is 11.4 Å². The Hall–Kier alpha value is -2.80. The number of allylic oxidation sites excluding steroid dienone is 1. The van der Waals surface area contributed by atoms with Crippen LogP contribution in [0.3, 0.4) is 0 Å². The van der Waals surface area contributed by atoms with Crippen molar-refractivity contribution in [1.29, 1.82) is 5.26 Å². The number of para-hydroxylation sites is 1. The number of anilines is 1. The number of nitriles is 1. The van der Waals surface area contributed by atoms with Crippen molar-refractivity contribution in [2.75, 3.05) is 11.1 Å². The van der Waals surface area contributed by atoms with Gasteiger partial charge in [-0.3, -0.25) is 9.36 Å². The highest BCUT2D eigenvalue weighted by Crippen LogP contribution is 2.44. The second-order valence-electron chi connectivity index (χ2n) is 9.98. The van der Waals surface area contributed by atoms with Gasteiger partial charge in [-0.05, 0) is 48.3 Å². The molecule has 1 aliphatic rings. The molecule has 194 valence electrons. The van der Waals surface area contributed by atoms with E-state index in [0.717, 1.165) is 24.8 Å². The van der Waals surface area contributed by atoms with Crippen molar-refractivity contribution in [2.45, 2.75) is 58.3 Å². The molecule has 1 aromatic carbocycles. The van der Waals surface area contributed by atoms with Gasteiger partial charge in [-0.15, -0.1) is 28.1 Å². The number of fused-ring (bicyclic) bond motifs is 1. The molecule has 0 aliphatic heterocycles. The Kier molecular flexibility index (Phi) is 8.63. The van der Waals surface area contributed by atoms with E-state index in [1.54, 1.807) is 18.2 Å². The molecule has 10 heteroatoms. The highest BCUT2D eigenvalue weighted by atomic mass is 35.5. The van der Waals surface area contributed by atoms with Crippen molar-refractivity contribution >= 4 is 45.6 Å². The molecule has 1 N–H and O–H groups in total. The molecule has 1 aliphatic carbocycles. The van der Waals surface area contributed by atoms with Crippen LogP contribution in [0.5, 0.6) is 5.75 Å². The van der Waals surface area contributed by atoms with Crippen molar-refractivity contribution in [1.82, 2.24) is 14.8 Å². The van der Waals surface area contributed by atoms with E-state index in [0.29, 0.717) is 44.8 Å². The lowest BCUT2D eigenvalue weighted by Crippen LogP contribution is -2.26. The number of halogens is 1. The molecule has 1 atom stereocenters. The van der Waals surface area contributed by atoms with Crippen molar-refractivity contribution in [3.63, 3.8) is 0 Å². The molecule has 2 aromatic heterocycles. The third-order valence-corrected chi connectivity index (χ3v) is 8.93. The molecular formula is C27H30ClN5O2S2. The van der Waals surface area contributed by atoms with Gasteiger partial charge in [-0.2, -0.15) is 5.26 Å². The fourth-order valence-corrected chi connectivity index (χ4v) is 6.62. The number of hydrogen-bond donors (Lipinski definition) is 1. The fourth-order valence-electron chi connectivity index (χ4n) is 4.37. The van der Waals surface area contributed by atoms with E-state index in [1.165, 1.54) is 28.0 Å². The zero-order valence-corrected chi connectivity index (χ0v) is 23.6. The lowest BCUT2D eigenvalue weighted by Gasteiger charge is -2.33. The Balaban J connectivity index is 1.41. The van der Waals surface area contributed by atoms with Crippen molar-refractivity contribution in [3.05, 3.63) is 63.8 Å². The molecule has 0 saturated carbocycles. The summed E-state index contributed by atoms with van der Waals surface area (Å²) in [7, 11) is 0. The topological polar surface area (TPSA) is 92.8 Å². The number of thiophene rings is 1. The average Bonchev–Trinajstić information content (AvgIpc) is 3.41. The number of amides is 1. The van der Waals surface area contributed by atoms with E-state index < -0.39 is 0 Å². The van der Waals surface area contributed by atoms with Gasteiger partial charge in [0.15, 0.2) is 11.0 Å². The molecule has 37 heavy (non-hydrogen) atoms. The van der Waals surface area contributed by atoms with E-state index in [2.05, 4.69) is 48.9 Å². The number of aromatic nitrogens is 3. The second kappa shape index (κ2) is 11.7. The van der Waals surface area contributed by atoms with Gasteiger partial charge in [0.2, 0.25) is 5.91 Å². The number of ether oxygens (including phenoxy) is 1. The first-order valence-electron chi connectivity index (χ1n) is 12.1. The molecule has 1 unspecified atom stereocenters. The normalized spacial score (nSPS) is 15.1. The predicted octanol–water partition coefficient (Wildman–Crippen LogP) is 6.51. The molecule has 0 saturated heterocycles. The van der Waals surface area contributed by atoms with Crippen LogP contribution in [0, 0.1) is 22.7 Å². The lowest BCUT2D eigenvalue weighted by atomic mass is 9.72. The molecule has 1 amide bonds. The third-order valence-electron chi connectivity index (χ3n) is 6.49. The van der Waals surface area contributed by atoms with Crippen LogP contribution in [0.1, 0.15) is 49.0 Å². The van der Waals surface area contributed by atoms with Gasteiger partial charge in [0.05, 0.1) is 16.3 Å². The first kappa shape index (κ1) is 27.2. The number of benzene rings is 1. The monoisotopic (exact) mass is 555 g/mol. The number of carbonyl (C=O) groups is 1. The zero-order chi connectivity index (χ0) is 26.6. The predicted molar refractivity (Wildman–Crippen MR) is 149 cm³/mol. The van der Waals surface area contributed by atoms with Crippen LogP contribution in [-0.2, 0) is 30.8 Å². The molecule has 7 nitrogen and oxygen atoms in total. The third kappa shape index (κ3) is 6.38. The van der Waals surface area contributed by atoms with Crippen molar-refractivity contribution < 1.29 is 9.53 Å². The van der Waals surface area contributed by atoms with Crippen LogP contribution in [0.15, 0.2) is 42.1 Å². The fraction of sp³-hybridized carbons (Fsp3) is 0.407. The maximum Gasteiger partial charge on any atom is 0.235 e. The molecule has 4 rings (SSSR count). The van der Waals surface area contributed by atoms with Crippen molar-refractivity contribution in [3.8, 4) is 11.8 Å². The molecular weight excluding hydrogens is 526 g/mol. The molecule has 3 aromatic rings. The summed E-state index contributed by atoms with van der Waals surface area (Å²) in [6.07, 6.45) is 4.64. The summed E-state index contributed by atoms with van der Waals surface area (Å²) in [5, 5.41) is 23.0. The largest absolute Gasteiger partial charge is 0.484 e. The van der Waals surface area contributed by atoms with Crippen molar-refractivity contribution in [2.24, 2.45) is 11.3 Å². The Morgan fingerprint density at radius 3 is 2.89 bits per heavy atom. The van der Waals surface area contributed by atoms with Gasteiger partial charge >= 0.3 is 0 Å². The second-order valence-corrected chi connectivity index (χ2v) is 12.4. The lowest BCUT2D eigenvalue weighted by molar-refractivity contribution is -0.113. The van der Waals surface area contributed by atoms with E-state index in [-0.39, 0.29) is 23.7 Å². The van der Waals surface area contributed by atoms with E-state index in [9.17, 15) is 10.1 Å². The Morgan fingerprint density at radius 1 is 1.41 bits per heavy atom. The minimum absolute atomic E-state index is 0.138. The van der Waals surface area contributed by atoms with E-state index in [1.807, 2.05) is 16.7 Å². The van der Waals surface area contributed by atoms with Gasteiger partial charge in [0.25, 0.3) is 0 Å². The number of nitrogens with one attached hydrogen (secondary N) is 1. The van der Waals surface area contributed by atoms with Crippen LogP contribution in [-0.4, -0.2) is 26.4 Å². The van der Waals surface area contributed by atoms with Crippen LogP contribution in [0.25, 0.3) is 0 Å². The molecule has 0 fully saturated rings. The first-order valence-corrected chi connectivity index (χ1v) is 14.3. The Morgan fingerprint density at radius 2 is 2.19 bits per heavy atom. The summed E-state index contributed by atoms with van der Waals surface area (Å²) < 4.78 is 7.67. The number of carbonyl (C=O) groups excluding carboxylic acids is 1. The van der Waals surface area contributed by atoms with Gasteiger partial charge in [-0.25, -0.2) is 0 Å². The number of rotatable bonds is 9. The molecule has 0 bridgehead atoms.